The highest BCUT2D eigenvalue weighted by molar-refractivity contribution is 4.94. The van der Waals surface area contributed by atoms with Crippen LogP contribution in [0.5, 0.6) is 0 Å². The predicted molar refractivity (Wildman–Crippen MR) is 55.2 cm³/mol. The van der Waals surface area contributed by atoms with Gasteiger partial charge in [-0.3, -0.25) is 0 Å². The van der Waals surface area contributed by atoms with Gasteiger partial charge in [0, 0.05) is 0 Å². The summed E-state index contributed by atoms with van der Waals surface area (Å²) in [7, 11) is 0. The minimum absolute atomic E-state index is 1.000. The first kappa shape index (κ1) is 9.83. The van der Waals surface area contributed by atoms with Gasteiger partial charge < -0.3 is 0 Å². The molecule has 0 radical (unpaired) electrons. The van der Waals surface area contributed by atoms with Gasteiger partial charge >= 0.3 is 0 Å². The highest BCUT2D eigenvalue weighted by Crippen LogP contribution is 2.32. The first-order chi connectivity index (χ1) is 5.88. The summed E-state index contributed by atoms with van der Waals surface area (Å²) >= 11 is 0. The fourth-order valence-electron chi connectivity index (χ4n) is 2.38. The van der Waals surface area contributed by atoms with Crippen molar-refractivity contribution in [3.8, 4) is 0 Å². The van der Waals surface area contributed by atoms with E-state index in [0.717, 1.165) is 11.8 Å². The molecular weight excluding hydrogens is 144 g/mol. The van der Waals surface area contributed by atoms with Crippen molar-refractivity contribution < 1.29 is 0 Å². The summed E-state index contributed by atoms with van der Waals surface area (Å²) in [6.07, 6.45) is 13.1. The van der Waals surface area contributed by atoms with E-state index >= 15 is 0 Å². The molecule has 1 aliphatic rings. The Hall–Kier alpha value is -0.260. The maximum atomic E-state index is 2.38. The van der Waals surface area contributed by atoms with Crippen molar-refractivity contribution in [3.05, 3.63) is 12.2 Å². The van der Waals surface area contributed by atoms with Gasteiger partial charge in [-0.15, -0.1) is 0 Å². The Kier molecular flexibility index (Phi) is 4.42. The zero-order valence-corrected chi connectivity index (χ0v) is 8.55. The van der Waals surface area contributed by atoms with Crippen LogP contribution in [0.4, 0.5) is 0 Å². The summed E-state index contributed by atoms with van der Waals surface area (Å²) < 4.78 is 0. The molecule has 0 heteroatoms. The van der Waals surface area contributed by atoms with Crippen molar-refractivity contribution in [2.45, 2.75) is 52.4 Å². The summed E-state index contributed by atoms with van der Waals surface area (Å²) in [5, 5.41) is 0. The Balaban J connectivity index is 2.39. The number of hydrogen-bond donors (Lipinski definition) is 0. The van der Waals surface area contributed by atoms with E-state index in [9.17, 15) is 0 Å². The second kappa shape index (κ2) is 5.40. The average Bonchev–Trinajstić information content (AvgIpc) is 2.09. The Bertz CT molecular complexity index is 119. The maximum absolute atomic E-state index is 2.38. The molecule has 1 rings (SSSR count). The third-order valence-electron chi connectivity index (χ3n) is 3.03. The van der Waals surface area contributed by atoms with Crippen LogP contribution in [0, 0.1) is 11.8 Å². The van der Waals surface area contributed by atoms with Crippen LogP contribution in [0.25, 0.3) is 0 Å². The van der Waals surface area contributed by atoms with Crippen molar-refractivity contribution in [3.63, 3.8) is 0 Å². The topological polar surface area (TPSA) is 0 Å². The third kappa shape index (κ3) is 2.66. The first-order valence-electron chi connectivity index (χ1n) is 5.53. The van der Waals surface area contributed by atoms with E-state index in [4.69, 9.17) is 0 Å². The van der Waals surface area contributed by atoms with Crippen LogP contribution in [0.15, 0.2) is 12.2 Å². The molecule has 0 aromatic carbocycles. The molecule has 0 aromatic rings. The Labute approximate surface area is 77.1 Å². The van der Waals surface area contributed by atoms with Crippen molar-refractivity contribution in [2.75, 3.05) is 0 Å². The summed E-state index contributed by atoms with van der Waals surface area (Å²) in [6.45, 7) is 4.61. The highest BCUT2D eigenvalue weighted by atomic mass is 14.2. The molecule has 1 aliphatic carbocycles. The second-order valence-electron chi connectivity index (χ2n) is 4.04. The molecule has 0 saturated heterocycles. The minimum atomic E-state index is 1.000. The van der Waals surface area contributed by atoms with Gasteiger partial charge in [-0.05, 0) is 24.7 Å². The SMILES string of the molecule is CCCC1CC=CCC1CCC. The highest BCUT2D eigenvalue weighted by Gasteiger charge is 2.20. The maximum Gasteiger partial charge on any atom is -0.0319 e. The Morgan fingerprint density at radius 3 is 1.67 bits per heavy atom. The van der Waals surface area contributed by atoms with Crippen LogP contribution in [-0.4, -0.2) is 0 Å². The van der Waals surface area contributed by atoms with Gasteiger partial charge in [0.05, 0.1) is 0 Å². The molecule has 2 atom stereocenters. The molecule has 0 fully saturated rings. The van der Waals surface area contributed by atoms with Crippen LogP contribution in [0.3, 0.4) is 0 Å². The van der Waals surface area contributed by atoms with E-state index in [0.29, 0.717) is 0 Å². The quantitative estimate of drug-likeness (QED) is 0.550. The van der Waals surface area contributed by atoms with E-state index in [2.05, 4.69) is 26.0 Å². The first-order valence-corrected chi connectivity index (χ1v) is 5.53. The third-order valence-corrected chi connectivity index (χ3v) is 3.03. The molecule has 0 amide bonds. The lowest BCUT2D eigenvalue weighted by Gasteiger charge is -2.27. The predicted octanol–water partition coefficient (Wildman–Crippen LogP) is 4.17. The smallest absolute Gasteiger partial charge is 0.0319 e. The van der Waals surface area contributed by atoms with Gasteiger partial charge in [-0.2, -0.15) is 0 Å². The van der Waals surface area contributed by atoms with Gasteiger partial charge in [0.2, 0.25) is 0 Å². The molecule has 0 spiro atoms. The van der Waals surface area contributed by atoms with Gasteiger partial charge in [0.1, 0.15) is 0 Å². The summed E-state index contributed by atoms with van der Waals surface area (Å²) in [5.74, 6) is 2.00. The molecule has 70 valence electrons. The van der Waals surface area contributed by atoms with Gasteiger partial charge in [-0.25, -0.2) is 0 Å². The molecule has 0 aromatic heterocycles. The molecule has 0 aliphatic heterocycles. The lowest BCUT2D eigenvalue weighted by atomic mass is 9.78. The summed E-state index contributed by atoms with van der Waals surface area (Å²) in [4.78, 5) is 0. The second-order valence-corrected chi connectivity index (χ2v) is 4.04. The average molecular weight is 166 g/mol. The molecule has 0 nitrogen and oxygen atoms in total. The standard InChI is InChI=1S/C12H22/c1-3-7-11-9-5-6-10-12(11)8-4-2/h5-6,11-12H,3-4,7-10H2,1-2H3. The normalized spacial score (nSPS) is 29.2. The molecule has 2 unspecified atom stereocenters. The van der Waals surface area contributed by atoms with Crippen LogP contribution in [0.1, 0.15) is 52.4 Å². The van der Waals surface area contributed by atoms with Gasteiger partial charge in [0.25, 0.3) is 0 Å². The molecule has 0 saturated carbocycles. The van der Waals surface area contributed by atoms with Crippen molar-refractivity contribution in [2.24, 2.45) is 11.8 Å². The zero-order chi connectivity index (χ0) is 8.81. The van der Waals surface area contributed by atoms with Gasteiger partial charge in [-0.1, -0.05) is 51.7 Å². The summed E-state index contributed by atoms with van der Waals surface area (Å²) in [6, 6.07) is 0. The molecule has 0 bridgehead atoms. The lowest BCUT2D eigenvalue weighted by molar-refractivity contribution is 0.283. The minimum Gasteiger partial charge on any atom is -0.0882 e. The van der Waals surface area contributed by atoms with Crippen LogP contribution < -0.4 is 0 Å². The van der Waals surface area contributed by atoms with E-state index < -0.39 is 0 Å². The number of rotatable bonds is 4. The van der Waals surface area contributed by atoms with Gasteiger partial charge in [0.15, 0.2) is 0 Å². The number of hydrogen-bond acceptors (Lipinski definition) is 0. The Morgan fingerprint density at radius 2 is 1.33 bits per heavy atom. The van der Waals surface area contributed by atoms with Crippen molar-refractivity contribution >= 4 is 0 Å². The molecule has 12 heavy (non-hydrogen) atoms. The Morgan fingerprint density at radius 1 is 0.917 bits per heavy atom. The van der Waals surface area contributed by atoms with Crippen molar-refractivity contribution in [1.82, 2.24) is 0 Å². The largest absolute Gasteiger partial charge is 0.0882 e. The van der Waals surface area contributed by atoms with Crippen LogP contribution in [0.2, 0.25) is 0 Å². The monoisotopic (exact) mass is 166 g/mol. The van der Waals surface area contributed by atoms with E-state index in [-0.39, 0.29) is 0 Å². The van der Waals surface area contributed by atoms with Crippen molar-refractivity contribution in [1.29, 1.82) is 0 Å². The molecule has 0 heterocycles. The zero-order valence-electron chi connectivity index (χ0n) is 8.55. The fourth-order valence-corrected chi connectivity index (χ4v) is 2.38. The van der Waals surface area contributed by atoms with E-state index in [1.165, 1.54) is 38.5 Å². The van der Waals surface area contributed by atoms with Crippen LogP contribution >= 0.6 is 0 Å². The lowest BCUT2D eigenvalue weighted by Crippen LogP contribution is -2.16. The fraction of sp³-hybridized carbons (Fsp3) is 0.833. The summed E-state index contributed by atoms with van der Waals surface area (Å²) in [5.41, 5.74) is 0. The number of allylic oxidation sites excluding steroid dienone is 2. The molecular formula is C12H22. The molecule has 0 N–H and O–H groups in total. The van der Waals surface area contributed by atoms with E-state index in [1.54, 1.807) is 0 Å². The van der Waals surface area contributed by atoms with Crippen LogP contribution in [-0.2, 0) is 0 Å². The van der Waals surface area contributed by atoms with E-state index in [1.807, 2.05) is 0 Å².